The third-order valence-corrected chi connectivity index (χ3v) is 6.29. The molecule has 9 heteroatoms. The van der Waals surface area contributed by atoms with E-state index in [1.54, 1.807) is 18.7 Å². The normalized spacial score (nSPS) is 16.9. The molecule has 0 aliphatic carbocycles. The third-order valence-electron chi connectivity index (χ3n) is 3.27. The van der Waals surface area contributed by atoms with Gasteiger partial charge in [0.1, 0.15) is 5.02 Å². The standard InChI is InChI=1S/C12H15ClN2O4S2/c1-8-6-10(13)11(15(16)17)7-12(8)21(18,19)14-9-2-4-20-5-3-9/h6-7,9,14H,2-5H2,1H3. The van der Waals surface area contributed by atoms with Gasteiger partial charge in [0.15, 0.2) is 0 Å². The minimum absolute atomic E-state index is 0.0643. The van der Waals surface area contributed by atoms with Crippen molar-refractivity contribution >= 4 is 39.1 Å². The van der Waals surface area contributed by atoms with Crippen LogP contribution in [0.2, 0.25) is 5.02 Å². The molecule has 6 nitrogen and oxygen atoms in total. The van der Waals surface area contributed by atoms with Crippen LogP contribution < -0.4 is 4.72 Å². The van der Waals surface area contributed by atoms with Crippen LogP contribution in [0.4, 0.5) is 5.69 Å². The summed E-state index contributed by atoms with van der Waals surface area (Å²) in [6, 6.07) is 2.22. The Bertz CT molecular complexity index is 657. The van der Waals surface area contributed by atoms with Crippen LogP contribution in [0.3, 0.4) is 0 Å². The fourth-order valence-corrected chi connectivity index (χ4v) is 5.11. The summed E-state index contributed by atoms with van der Waals surface area (Å²) in [6.07, 6.45) is 1.53. The van der Waals surface area contributed by atoms with Gasteiger partial charge in [-0.2, -0.15) is 11.8 Å². The van der Waals surface area contributed by atoms with E-state index >= 15 is 0 Å². The molecule has 0 unspecified atom stereocenters. The molecule has 2 rings (SSSR count). The molecule has 1 heterocycles. The van der Waals surface area contributed by atoms with E-state index in [4.69, 9.17) is 11.6 Å². The summed E-state index contributed by atoms with van der Waals surface area (Å²) in [4.78, 5) is 10.1. The minimum atomic E-state index is -3.79. The first-order valence-electron chi connectivity index (χ1n) is 6.36. The van der Waals surface area contributed by atoms with E-state index in [9.17, 15) is 18.5 Å². The Labute approximate surface area is 132 Å². The molecular weight excluding hydrogens is 336 g/mol. The van der Waals surface area contributed by atoms with Crippen molar-refractivity contribution < 1.29 is 13.3 Å². The van der Waals surface area contributed by atoms with E-state index in [2.05, 4.69) is 4.72 Å². The quantitative estimate of drug-likeness (QED) is 0.666. The van der Waals surface area contributed by atoms with E-state index < -0.39 is 20.6 Å². The van der Waals surface area contributed by atoms with Crippen molar-refractivity contribution in [1.29, 1.82) is 0 Å². The Morgan fingerprint density at radius 2 is 2.00 bits per heavy atom. The topological polar surface area (TPSA) is 89.3 Å². The van der Waals surface area contributed by atoms with Gasteiger partial charge in [-0.3, -0.25) is 10.1 Å². The zero-order valence-corrected chi connectivity index (χ0v) is 13.7. The Morgan fingerprint density at radius 1 is 1.38 bits per heavy atom. The van der Waals surface area contributed by atoms with Crippen LogP contribution in [-0.4, -0.2) is 30.9 Å². The van der Waals surface area contributed by atoms with Gasteiger partial charge in [0.2, 0.25) is 10.0 Å². The van der Waals surface area contributed by atoms with Crippen molar-refractivity contribution in [2.75, 3.05) is 11.5 Å². The smallest absolute Gasteiger partial charge is 0.258 e. The molecule has 0 aromatic heterocycles. The second-order valence-corrected chi connectivity index (χ2v) is 8.15. The number of hydrogen-bond donors (Lipinski definition) is 1. The number of aryl methyl sites for hydroxylation is 1. The summed E-state index contributed by atoms with van der Waals surface area (Å²) in [5, 5.41) is 10.8. The van der Waals surface area contributed by atoms with Gasteiger partial charge in [-0.25, -0.2) is 13.1 Å². The monoisotopic (exact) mass is 350 g/mol. The average Bonchev–Trinajstić information content (AvgIpc) is 2.38. The first kappa shape index (κ1) is 16.5. The molecule has 1 aliphatic rings. The summed E-state index contributed by atoms with van der Waals surface area (Å²) in [6.45, 7) is 1.57. The number of nitrogens with one attached hydrogen (secondary N) is 1. The number of rotatable bonds is 4. The summed E-state index contributed by atoms with van der Waals surface area (Å²) in [5.41, 5.74) is -0.00914. The summed E-state index contributed by atoms with van der Waals surface area (Å²) >= 11 is 7.57. The van der Waals surface area contributed by atoms with Crippen molar-refractivity contribution in [2.24, 2.45) is 0 Å². The van der Waals surface area contributed by atoms with E-state index in [0.717, 1.165) is 30.4 Å². The van der Waals surface area contributed by atoms with Crippen molar-refractivity contribution in [1.82, 2.24) is 4.72 Å². The lowest BCUT2D eigenvalue weighted by Gasteiger charge is -2.22. The lowest BCUT2D eigenvalue weighted by atomic mass is 10.2. The molecule has 1 aliphatic heterocycles. The maximum atomic E-state index is 12.4. The first-order valence-corrected chi connectivity index (χ1v) is 9.37. The molecule has 1 saturated heterocycles. The van der Waals surface area contributed by atoms with E-state index in [1.165, 1.54) is 6.07 Å². The van der Waals surface area contributed by atoms with Gasteiger partial charge in [0.25, 0.3) is 5.69 Å². The second kappa shape index (κ2) is 6.51. The molecule has 0 atom stereocenters. The third kappa shape index (κ3) is 3.88. The molecule has 21 heavy (non-hydrogen) atoms. The Hall–Kier alpha value is -0.830. The first-order chi connectivity index (χ1) is 9.81. The summed E-state index contributed by atoms with van der Waals surface area (Å²) < 4.78 is 27.5. The van der Waals surface area contributed by atoms with Gasteiger partial charge in [-0.05, 0) is 42.9 Å². The highest BCUT2D eigenvalue weighted by Gasteiger charge is 2.26. The van der Waals surface area contributed by atoms with Crippen molar-refractivity contribution in [2.45, 2.75) is 30.7 Å². The molecule has 0 bridgehead atoms. The second-order valence-electron chi connectivity index (χ2n) is 4.83. The maximum Gasteiger partial charge on any atom is 0.289 e. The highest BCUT2D eigenvalue weighted by molar-refractivity contribution is 7.99. The zero-order chi connectivity index (χ0) is 15.6. The van der Waals surface area contributed by atoms with Crippen LogP contribution in [0.5, 0.6) is 0 Å². The average molecular weight is 351 g/mol. The molecule has 0 spiro atoms. The number of halogens is 1. The molecule has 0 radical (unpaired) electrons. The summed E-state index contributed by atoms with van der Waals surface area (Å²) in [5.74, 6) is 1.82. The Balaban J connectivity index is 2.34. The Kier molecular flexibility index (Phi) is 5.13. The number of nitro benzene ring substituents is 1. The van der Waals surface area contributed by atoms with Crippen LogP contribution in [0.25, 0.3) is 0 Å². The molecule has 0 saturated carbocycles. The van der Waals surface area contributed by atoms with E-state index in [1.807, 2.05) is 0 Å². The van der Waals surface area contributed by atoms with Gasteiger partial charge >= 0.3 is 0 Å². The molecule has 1 fully saturated rings. The van der Waals surface area contributed by atoms with Gasteiger partial charge in [0.05, 0.1) is 9.82 Å². The number of hydrogen-bond acceptors (Lipinski definition) is 5. The Morgan fingerprint density at radius 3 is 2.57 bits per heavy atom. The molecule has 1 aromatic carbocycles. The minimum Gasteiger partial charge on any atom is -0.258 e. The van der Waals surface area contributed by atoms with Crippen LogP contribution in [-0.2, 0) is 10.0 Å². The fraction of sp³-hybridized carbons (Fsp3) is 0.500. The molecule has 0 amide bonds. The van der Waals surface area contributed by atoms with Crippen LogP contribution >= 0.6 is 23.4 Å². The van der Waals surface area contributed by atoms with Crippen LogP contribution in [0.15, 0.2) is 17.0 Å². The van der Waals surface area contributed by atoms with Gasteiger partial charge < -0.3 is 0 Å². The van der Waals surface area contributed by atoms with Gasteiger partial charge in [-0.1, -0.05) is 11.6 Å². The molecular formula is C12H15ClN2O4S2. The highest BCUT2D eigenvalue weighted by Crippen LogP contribution is 2.30. The fourth-order valence-electron chi connectivity index (χ4n) is 2.17. The SMILES string of the molecule is Cc1cc(Cl)c([N+](=O)[O-])cc1S(=O)(=O)NC1CCSCC1. The number of thioether (sulfide) groups is 1. The number of benzene rings is 1. The predicted octanol–water partition coefficient (Wildman–Crippen LogP) is 2.73. The van der Waals surface area contributed by atoms with Crippen molar-refractivity contribution in [3.8, 4) is 0 Å². The van der Waals surface area contributed by atoms with Gasteiger partial charge in [-0.15, -0.1) is 0 Å². The van der Waals surface area contributed by atoms with Crippen molar-refractivity contribution in [3.05, 3.63) is 32.8 Å². The number of nitrogens with zero attached hydrogens (tertiary/aromatic N) is 1. The van der Waals surface area contributed by atoms with Crippen molar-refractivity contribution in [3.63, 3.8) is 0 Å². The molecule has 116 valence electrons. The maximum absolute atomic E-state index is 12.4. The zero-order valence-electron chi connectivity index (χ0n) is 11.3. The van der Waals surface area contributed by atoms with Gasteiger partial charge in [0, 0.05) is 12.1 Å². The largest absolute Gasteiger partial charge is 0.289 e. The number of nitro groups is 1. The van der Waals surface area contributed by atoms with E-state index in [0.29, 0.717) is 5.56 Å². The lowest BCUT2D eigenvalue weighted by Crippen LogP contribution is -2.37. The molecule has 1 aromatic rings. The lowest BCUT2D eigenvalue weighted by molar-refractivity contribution is -0.384. The van der Waals surface area contributed by atoms with Crippen LogP contribution in [0.1, 0.15) is 18.4 Å². The highest BCUT2D eigenvalue weighted by atomic mass is 35.5. The molecule has 1 N–H and O–H groups in total. The predicted molar refractivity (Wildman–Crippen MR) is 83.5 cm³/mol. The van der Waals surface area contributed by atoms with E-state index in [-0.39, 0.29) is 16.0 Å². The number of sulfonamides is 1. The summed E-state index contributed by atoms with van der Waals surface area (Å²) in [7, 11) is -3.79. The van der Waals surface area contributed by atoms with Crippen LogP contribution in [0, 0.1) is 17.0 Å².